The molecule has 1 aliphatic rings. The second-order valence-corrected chi connectivity index (χ2v) is 5.71. The Balaban J connectivity index is 1.56. The molecule has 5 nitrogen and oxygen atoms in total. The van der Waals surface area contributed by atoms with Gasteiger partial charge < -0.3 is 4.74 Å². The van der Waals surface area contributed by atoms with Crippen molar-refractivity contribution in [3.05, 3.63) is 64.7 Å². The fourth-order valence-electron chi connectivity index (χ4n) is 2.39. The molecule has 2 amide bonds. The summed E-state index contributed by atoms with van der Waals surface area (Å²) in [5.74, 6) is -0.203. The quantitative estimate of drug-likeness (QED) is 0.831. The third kappa shape index (κ3) is 3.63. The number of halogens is 1. The van der Waals surface area contributed by atoms with Gasteiger partial charge in [-0.1, -0.05) is 29.8 Å². The number of hydrogen-bond donors (Lipinski definition) is 2. The highest BCUT2D eigenvalue weighted by Gasteiger charge is 2.26. The van der Waals surface area contributed by atoms with Crippen LogP contribution in [0.3, 0.4) is 0 Å². The van der Waals surface area contributed by atoms with Gasteiger partial charge in [-0.25, -0.2) is 0 Å². The Morgan fingerprint density at radius 2 is 1.78 bits per heavy atom. The Morgan fingerprint density at radius 1 is 1.04 bits per heavy atom. The standard InChI is InChI=1S/C17H15ClN2O3/c18-14-7-5-11(6-8-14)16(21)19-20-17(22)13-9-12-3-1-2-4-15(12)23-10-13/h1-8,13H,9-10H2,(H,19,21)(H,20,22). The van der Waals surface area contributed by atoms with Crippen LogP contribution in [0.25, 0.3) is 0 Å². The van der Waals surface area contributed by atoms with Crippen LogP contribution < -0.4 is 15.6 Å². The molecule has 3 rings (SSSR count). The monoisotopic (exact) mass is 330 g/mol. The Morgan fingerprint density at radius 3 is 2.57 bits per heavy atom. The Kier molecular flexibility index (Phi) is 4.48. The number of benzene rings is 2. The third-order valence-corrected chi connectivity index (χ3v) is 3.91. The molecule has 0 bridgehead atoms. The average molecular weight is 331 g/mol. The average Bonchev–Trinajstić information content (AvgIpc) is 2.59. The van der Waals surface area contributed by atoms with E-state index in [-0.39, 0.29) is 11.8 Å². The van der Waals surface area contributed by atoms with Crippen LogP contribution in [0.5, 0.6) is 5.75 Å². The van der Waals surface area contributed by atoms with E-state index in [9.17, 15) is 9.59 Å². The molecule has 2 aromatic carbocycles. The summed E-state index contributed by atoms with van der Waals surface area (Å²) in [4.78, 5) is 24.1. The third-order valence-electron chi connectivity index (χ3n) is 3.66. The lowest BCUT2D eigenvalue weighted by Crippen LogP contribution is -2.47. The molecule has 0 saturated heterocycles. The first-order chi connectivity index (χ1) is 11.1. The van der Waals surface area contributed by atoms with Crippen molar-refractivity contribution in [1.82, 2.24) is 10.9 Å². The lowest BCUT2D eigenvalue weighted by molar-refractivity contribution is -0.127. The van der Waals surface area contributed by atoms with E-state index in [0.717, 1.165) is 11.3 Å². The number of nitrogens with one attached hydrogen (secondary N) is 2. The fourth-order valence-corrected chi connectivity index (χ4v) is 2.52. The molecule has 2 aromatic rings. The number of rotatable bonds is 2. The predicted molar refractivity (Wildman–Crippen MR) is 86.2 cm³/mol. The van der Waals surface area contributed by atoms with E-state index in [4.69, 9.17) is 16.3 Å². The van der Waals surface area contributed by atoms with Crippen molar-refractivity contribution in [3.8, 4) is 5.75 Å². The van der Waals surface area contributed by atoms with E-state index >= 15 is 0 Å². The molecule has 1 aliphatic heterocycles. The summed E-state index contributed by atoms with van der Waals surface area (Å²) in [7, 11) is 0. The maximum atomic E-state index is 12.2. The zero-order valence-corrected chi connectivity index (χ0v) is 13.0. The molecule has 0 aromatic heterocycles. The Labute approximate surface area is 138 Å². The van der Waals surface area contributed by atoms with Gasteiger partial charge in [0.2, 0.25) is 5.91 Å². The largest absolute Gasteiger partial charge is 0.492 e. The molecule has 0 aliphatic carbocycles. The van der Waals surface area contributed by atoms with Crippen LogP contribution in [0.15, 0.2) is 48.5 Å². The van der Waals surface area contributed by atoms with Crippen molar-refractivity contribution < 1.29 is 14.3 Å². The van der Waals surface area contributed by atoms with E-state index in [1.807, 2.05) is 24.3 Å². The summed E-state index contributed by atoms with van der Waals surface area (Å²) in [6, 6.07) is 14.0. The number of amides is 2. The van der Waals surface area contributed by atoms with Gasteiger partial charge in [-0.2, -0.15) is 0 Å². The summed E-state index contributed by atoms with van der Waals surface area (Å²) in [6.45, 7) is 0.291. The predicted octanol–water partition coefficient (Wildman–Crippen LogP) is 2.35. The minimum absolute atomic E-state index is 0.276. The summed E-state index contributed by atoms with van der Waals surface area (Å²) in [5, 5.41) is 0.545. The second kappa shape index (κ2) is 6.71. The fraction of sp³-hybridized carbons (Fsp3) is 0.176. The molecule has 1 heterocycles. The van der Waals surface area contributed by atoms with E-state index in [0.29, 0.717) is 23.6 Å². The van der Waals surface area contributed by atoms with Gasteiger partial charge in [0.1, 0.15) is 12.4 Å². The number of hydrogen-bond acceptors (Lipinski definition) is 3. The van der Waals surface area contributed by atoms with Gasteiger partial charge in [0.25, 0.3) is 5.91 Å². The normalized spacial score (nSPS) is 16.0. The van der Waals surface area contributed by atoms with Gasteiger partial charge in [0.05, 0.1) is 5.92 Å². The van der Waals surface area contributed by atoms with Crippen LogP contribution in [-0.2, 0) is 11.2 Å². The molecule has 0 radical (unpaired) electrons. The first-order valence-corrected chi connectivity index (χ1v) is 7.58. The van der Waals surface area contributed by atoms with Crippen LogP contribution >= 0.6 is 11.6 Å². The van der Waals surface area contributed by atoms with E-state index in [2.05, 4.69) is 10.9 Å². The van der Waals surface area contributed by atoms with Crippen molar-refractivity contribution in [2.75, 3.05) is 6.61 Å². The first-order valence-electron chi connectivity index (χ1n) is 7.20. The smallest absolute Gasteiger partial charge is 0.269 e. The summed E-state index contributed by atoms with van der Waals surface area (Å²) in [5.41, 5.74) is 6.25. The van der Waals surface area contributed by atoms with Gasteiger partial charge >= 0.3 is 0 Å². The molecule has 118 valence electrons. The van der Waals surface area contributed by atoms with Crippen molar-refractivity contribution in [3.63, 3.8) is 0 Å². The number of ether oxygens (including phenoxy) is 1. The zero-order valence-electron chi connectivity index (χ0n) is 12.2. The van der Waals surface area contributed by atoms with Crippen molar-refractivity contribution in [1.29, 1.82) is 0 Å². The number of fused-ring (bicyclic) bond motifs is 1. The van der Waals surface area contributed by atoms with Gasteiger partial charge in [0.15, 0.2) is 0 Å². The Bertz CT molecular complexity index is 731. The molecule has 23 heavy (non-hydrogen) atoms. The van der Waals surface area contributed by atoms with Crippen molar-refractivity contribution in [2.24, 2.45) is 5.92 Å². The molecular formula is C17H15ClN2O3. The summed E-state index contributed by atoms with van der Waals surface area (Å²) in [6.07, 6.45) is 0.582. The minimum Gasteiger partial charge on any atom is -0.492 e. The molecule has 1 unspecified atom stereocenters. The molecular weight excluding hydrogens is 316 g/mol. The van der Waals surface area contributed by atoms with Crippen LogP contribution in [0.1, 0.15) is 15.9 Å². The van der Waals surface area contributed by atoms with Crippen molar-refractivity contribution in [2.45, 2.75) is 6.42 Å². The van der Waals surface area contributed by atoms with Gasteiger partial charge in [-0.3, -0.25) is 20.4 Å². The second-order valence-electron chi connectivity index (χ2n) is 5.27. The minimum atomic E-state index is -0.396. The van der Waals surface area contributed by atoms with Crippen LogP contribution in [0, 0.1) is 5.92 Å². The maximum Gasteiger partial charge on any atom is 0.269 e. The van der Waals surface area contributed by atoms with E-state index < -0.39 is 5.91 Å². The highest BCUT2D eigenvalue weighted by atomic mass is 35.5. The molecule has 1 atom stereocenters. The molecule has 0 spiro atoms. The van der Waals surface area contributed by atoms with Gasteiger partial charge in [0, 0.05) is 10.6 Å². The van der Waals surface area contributed by atoms with Crippen molar-refractivity contribution >= 4 is 23.4 Å². The zero-order chi connectivity index (χ0) is 16.2. The molecule has 0 saturated carbocycles. The SMILES string of the molecule is O=C(NNC(=O)C1COc2ccccc2C1)c1ccc(Cl)cc1. The maximum absolute atomic E-state index is 12.2. The highest BCUT2D eigenvalue weighted by molar-refractivity contribution is 6.30. The van der Waals surface area contributed by atoms with Crippen LogP contribution in [0.2, 0.25) is 5.02 Å². The van der Waals surface area contributed by atoms with Crippen LogP contribution in [0.4, 0.5) is 0 Å². The topological polar surface area (TPSA) is 67.4 Å². The lowest BCUT2D eigenvalue weighted by Gasteiger charge is -2.24. The highest BCUT2D eigenvalue weighted by Crippen LogP contribution is 2.26. The number of carbonyl (C=O) groups excluding carboxylic acids is 2. The Hall–Kier alpha value is -2.53. The lowest BCUT2D eigenvalue weighted by atomic mass is 9.96. The van der Waals surface area contributed by atoms with E-state index in [1.54, 1.807) is 24.3 Å². The summed E-state index contributed by atoms with van der Waals surface area (Å²) >= 11 is 5.77. The van der Waals surface area contributed by atoms with Crippen LogP contribution in [-0.4, -0.2) is 18.4 Å². The first kappa shape index (κ1) is 15.4. The molecule has 0 fully saturated rings. The number of para-hydroxylation sites is 1. The number of hydrazine groups is 1. The molecule has 6 heteroatoms. The van der Waals surface area contributed by atoms with E-state index in [1.165, 1.54) is 0 Å². The number of carbonyl (C=O) groups is 2. The molecule has 2 N–H and O–H groups in total. The van der Waals surface area contributed by atoms with Gasteiger partial charge in [-0.05, 0) is 42.3 Å². The summed E-state index contributed by atoms with van der Waals surface area (Å²) < 4.78 is 5.57. The van der Waals surface area contributed by atoms with Gasteiger partial charge in [-0.15, -0.1) is 0 Å².